The highest BCUT2D eigenvalue weighted by Crippen LogP contribution is 2.33. The maximum atomic E-state index is 10.4. The van der Waals surface area contributed by atoms with Crippen molar-refractivity contribution in [2.75, 3.05) is 12.1 Å². The lowest BCUT2D eigenvalue weighted by Gasteiger charge is -2.24. The number of para-hydroxylation sites is 1. The van der Waals surface area contributed by atoms with Crippen molar-refractivity contribution in [1.82, 2.24) is 9.66 Å². The van der Waals surface area contributed by atoms with Gasteiger partial charge < -0.3 is 10.1 Å². The summed E-state index contributed by atoms with van der Waals surface area (Å²) in [6.07, 6.45) is 5.36. The first-order chi connectivity index (χ1) is 8.89. The van der Waals surface area contributed by atoms with Gasteiger partial charge >= 0.3 is 0 Å². The van der Waals surface area contributed by atoms with Crippen LogP contribution in [0.25, 0.3) is 0 Å². The molecule has 0 atom stereocenters. The zero-order chi connectivity index (χ0) is 14.0. The van der Waals surface area contributed by atoms with E-state index in [2.05, 4.69) is 25.8 Å². The fourth-order valence-corrected chi connectivity index (χ4v) is 2.11. The van der Waals surface area contributed by atoms with Gasteiger partial charge in [0, 0.05) is 25.0 Å². The Hall–Kier alpha value is -1.97. The summed E-state index contributed by atoms with van der Waals surface area (Å²) < 4.78 is 1.89. The number of benzene rings is 1. The van der Waals surface area contributed by atoms with Crippen LogP contribution in [0.15, 0.2) is 36.9 Å². The zero-order valence-corrected chi connectivity index (χ0v) is 12.0. The van der Waals surface area contributed by atoms with Crippen molar-refractivity contribution in [2.24, 2.45) is 0 Å². The third-order valence-electron chi connectivity index (χ3n) is 3.21. The molecule has 1 N–H and O–H groups in total. The Kier molecular flexibility index (Phi) is 3.51. The summed E-state index contributed by atoms with van der Waals surface area (Å²) in [6.45, 7) is 6.94. The van der Waals surface area contributed by atoms with Gasteiger partial charge in [0.25, 0.3) is 0 Å². The Morgan fingerprint density at radius 1 is 1.32 bits per heavy atom. The van der Waals surface area contributed by atoms with E-state index in [9.17, 15) is 5.11 Å². The van der Waals surface area contributed by atoms with Gasteiger partial charge in [-0.1, -0.05) is 39.0 Å². The summed E-state index contributed by atoms with van der Waals surface area (Å²) in [5, 5.41) is 12.4. The quantitative estimate of drug-likeness (QED) is 0.921. The van der Waals surface area contributed by atoms with Gasteiger partial charge in [0.15, 0.2) is 0 Å². The monoisotopic (exact) mass is 259 g/mol. The normalized spacial score (nSPS) is 11.6. The first-order valence-corrected chi connectivity index (χ1v) is 6.40. The highest BCUT2D eigenvalue weighted by atomic mass is 16.3. The van der Waals surface area contributed by atoms with Gasteiger partial charge in [-0.15, -0.1) is 0 Å². The summed E-state index contributed by atoms with van der Waals surface area (Å²) in [7, 11) is 1.96. The van der Waals surface area contributed by atoms with E-state index in [0.29, 0.717) is 12.3 Å². The third kappa shape index (κ3) is 2.89. The predicted octanol–water partition coefficient (Wildman–Crippen LogP) is 2.65. The second kappa shape index (κ2) is 4.96. The highest BCUT2D eigenvalue weighted by Gasteiger charge is 2.20. The summed E-state index contributed by atoms with van der Waals surface area (Å²) >= 11 is 0. The van der Waals surface area contributed by atoms with Crippen LogP contribution in [0.5, 0.6) is 5.75 Å². The van der Waals surface area contributed by atoms with Gasteiger partial charge in [0.2, 0.25) is 0 Å². The molecular weight excluding hydrogens is 238 g/mol. The molecule has 2 rings (SSSR count). The molecule has 0 aliphatic heterocycles. The lowest BCUT2D eigenvalue weighted by Crippen LogP contribution is -2.28. The molecule has 0 amide bonds. The van der Waals surface area contributed by atoms with E-state index in [4.69, 9.17) is 0 Å². The fourth-order valence-electron chi connectivity index (χ4n) is 2.11. The molecule has 0 fully saturated rings. The van der Waals surface area contributed by atoms with E-state index in [1.54, 1.807) is 12.5 Å². The largest absolute Gasteiger partial charge is 0.507 e. The average molecular weight is 259 g/mol. The van der Waals surface area contributed by atoms with Crippen LogP contribution in [-0.4, -0.2) is 21.8 Å². The Morgan fingerprint density at radius 3 is 2.63 bits per heavy atom. The van der Waals surface area contributed by atoms with Crippen molar-refractivity contribution in [3.63, 3.8) is 0 Å². The van der Waals surface area contributed by atoms with Crippen molar-refractivity contribution in [3.05, 3.63) is 48.0 Å². The van der Waals surface area contributed by atoms with Crippen LogP contribution in [0.4, 0.5) is 0 Å². The zero-order valence-electron chi connectivity index (χ0n) is 12.0. The highest BCUT2D eigenvalue weighted by molar-refractivity contribution is 5.44. The Labute approximate surface area is 114 Å². The number of phenolic OH excluding ortho intramolecular Hbond substituents is 1. The first kappa shape index (κ1) is 13.5. The van der Waals surface area contributed by atoms with E-state index in [0.717, 1.165) is 11.1 Å². The lowest BCUT2D eigenvalue weighted by molar-refractivity contribution is 0.437. The van der Waals surface area contributed by atoms with E-state index < -0.39 is 0 Å². The fraction of sp³-hybridized carbons (Fsp3) is 0.400. The molecule has 0 saturated heterocycles. The molecule has 0 aliphatic carbocycles. The maximum Gasteiger partial charge on any atom is 0.124 e. The van der Waals surface area contributed by atoms with Gasteiger partial charge in [0.1, 0.15) is 12.1 Å². The number of aromatic nitrogens is 2. The second-order valence-electron chi connectivity index (χ2n) is 5.82. The van der Waals surface area contributed by atoms with Crippen LogP contribution < -0.4 is 5.01 Å². The summed E-state index contributed by atoms with van der Waals surface area (Å²) in [6, 6.07) is 5.94. The first-order valence-electron chi connectivity index (χ1n) is 6.40. The molecule has 1 heterocycles. The van der Waals surface area contributed by atoms with Crippen LogP contribution in [-0.2, 0) is 12.0 Å². The van der Waals surface area contributed by atoms with E-state index in [1.165, 1.54) is 0 Å². The molecule has 4 nitrogen and oxygen atoms in total. The molecule has 102 valence electrons. The lowest BCUT2D eigenvalue weighted by atomic mass is 9.85. The van der Waals surface area contributed by atoms with Gasteiger partial charge in [-0.05, 0) is 11.0 Å². The minimum Gasteiger partial charge on any atom is -0.507 e. The Bertz CT molecular complexity index is 541. The van der Waals surface area contributed by atoms with Gasteiger partial charge in [-0.2, -0.15) is 0 Å². The van der Waals surface area contributed by atoms with Crippen LogP contribution in [0.1, 0.15) is 31.9 Å². The Balaban J connectivity index is 2.27. The smallest absolute Gasteiger partial charge is 0.124 e. The number of hydrogen-bond donors (Lipinski definition) is 1. The molecule has 0 saturated carbocycles. The van der Waals surface area contributed by atoms with Gasteiger partial charge in [-0.3, -0.25) is 4.68 Å². The van der Waals surface area contributed by atoms with E-state index in [-0.39, 0.29) is 5.41 Å². The molecule has 19 heavy (non-hydrogen) atoms. The molecule has 0 bridgehead atoms. The van der Waals surface area contributed by atoms with Crippen LogP contribution in [0.3, 0.4) is 0 Å². The minimum absolute atomic E-state index is 0.0618. The number of phenols is 1. The molecule has 2 aromatic rings. The van der Waals surface area contributed by atoms with E-state index >= 15 is 0 Å². The molecule has 0 aliphatic rings. The van der Waals surface area contributed by atoms with Crippen molar-refractivity contribution in [3.8, 4) is 5.75 Å². The van der Waals surface area contributed by atoms with E-state index in [1.807, 2.05) is 41.1 Å². The average Bonchev–Trinajstić information content (AvgIpc) is 2.83. The molecule has 0 spiro atoms. The van der Waals surface area contributed by atoms with Crippen molar-refractivity contribution < 1.29 is 5.11 Å². The SMILES string of the molecule is CN(Cc1cccc(C(C)(C)C)c1O)n1ccnc1. The topological polar surface area (TPSA) is 41.3 Å². The maximum absolute atomic E-state index is 10.4. The van der Waals surface area contributed by atoms with Crippen LogP contribution >= 0.6 is 0 Å². The van der Waals surface area contributed by atoms with Crippen molar-refractivity contribution in [2.45, 2.75) is 32.7 Å². The predicted molar refractivity (Wildman–Crippen MR) is 76.9 cm³/mol. The molecule has 1 aromatic heterocycles. The van der Waals surface area contributed by atoms with Crippen molar-refractivity contribution >= 4 is 0 Å². The third-order valence-corrected chi connectivity index (χ3v) is 3.21. The number of aromatic hydroxyl groups is 1. The second-order valence-corrected chi connectivity index (χ2v) is 5.82. The summed E-state index contributed by atoms with van der Waals surface area (Å²) in [5.74, 6) is 0.391. The number of imidazole rings is 1. The van der Waals surface area contributed by atoms with Crippen molar-refractivity contribution in [1.29, 1.82) is 0 Å². The van der Waals surface area contributed by atoms with Crippen LogP contribution in [0, 0.1) is 0 Å². The molecule has 0 radical (unpaired) electrons. The molecule has 0 unspecified atom stereocenters. The number of hydrogen-bond acceptors (Lipinski definition) is 3. The standard InChI is InChI=1S/C15H21N3O/c1-15(2,3)13-7-5-6-12(14(13)19)10-17(4)18-9-8-16-11-18/h5-9,11,19H,10H2,1-4H3. The molecule has 1 aromatic carbocycles. The number of rotatable bonds is 3. The Morgan fingerprint density at radius 2 is 2.05 bits per heavy atom. The summed E-state index contributed by atoms with van der Waals surface area (Å²) in [5.41, 5.74) is 1.83. The molecule has 4 heteroatoms. The minimum atomic E-state index is -0.0618. The van der Waals surface area contributed by atoms with Crippen LogP contribution in [0.2, 0.25) is 0 Å². The van der Waals surface area contributed by atoms with Gasteiger partial charge in [0.05, 0.1) is 6.54 Å². The number of nitrogens with zero attached hydrogens (tertiary/aromatic N) is 3. The van der Waals surface area contributed by atoms with Gasteiger partial charge in [-0.25, -0.2) is 4.98 Å². The summed E-state index contributed by atoms with van der Waals surface area (Å²) in [4.78, 5) is 4.02. The molecular formula is C15H21N3O.